The standard InChI is InChI=1S/C10H17NO/c1-3-4-5-7-11-10(2)6-8-12-9-10/h11H,5-9H2,1-2H3. The van der Waals surface area contributed by atoms with Crippen molar-refractivity contribution >= 4 is 0 Å². The van der Waals surface area contributed by atoms with Gasteiger partial charge in [0.05, 0.1) is 6.61 Å². The van der Waals surface area contributed by atoms with Gasteiger partial charge in [0.15, 0.2) is 0 Å². The highest BCUT2D eigenvalue weighted by Crippen LogP contribution is 2.16. The Morgan fingerprint density at radius 1 is 1.58 bits per heavy atom. The van der Waals surface area contributed by atoms with E-state index < -0.39 is 0 Å². The van der Waals surface area contributed by atoms with E-state index in [1.54, 1.807) is 0 Å². The van der Waals surface area contributed by atoms with Gasteiger partial charge in [-0.2, -0.15) is 0 Å². The summed E-state index contributed by atoms with van der Waals surface area (Å²) < 4.78 is 5.32. The lowest BCUT2D eigenvalue weighted by Crippen LogP contribution is -2.43. The summed E-state index contributed by atoms with van der Waals surface area (Å²) in [5.74, 6) is 5.92. The highest BCUT2D eigenvalue weighted by Gasteiger charge is 2.28. The van der Waals surface area contributed by atoms with Crippen LogP contribution >= 0.6 is 0 Å². The number of nitrogens with one attached hydrogen (secondary N) is 1. The highest BCUT2D eigenvalue weighted by atomic mass is 16.5. The van der Waals surface area contributed by atoms with Gasteiger partial charge in [-0.15, -0.1) is 11.8 Å². The van der Waals surface area contributed by atoms with Crippen molar-refractivity contribution in [1.82, 2.24) is 5.32 Å². The second kappa shape index (κ2) is 4.49. The molecule has 0 aromatic heterocycles. The molecule has 1 aliphatic heterocycles. The molecule has 1 fully saturated rings. The number of hydrogen-bond acceptors (Lipinski definition) is 2. The van der Waals surface area contributed by atoms with Crippen LogP contribution < -0.4 is 5.32 Å². The lowest BCUT2D eigenvalue weighted by atomic mass is 10.0. The van der Waals surface area contributed by atoms with Gasteiger partial charge in [0.2, 0.25) is 0 Å². The van der Waals surface area contributed by atoms with Crippen LogP contribution in [0, 0.1) is 11.8 Å². The largest absolute Gasteiger partial charge is 0.379 e. The van der Waals surface area contributed by atoms with Gasteiger partial charge < -0.3 is 10.1 Å². The third-order valence-corrected chi connectivity index (χ3v) is 2.20. The molecule has 0 spiro atoms. The van der Waals surface area contributed by atoms with Crippen molar-refractivity contribution in [3.8, 4) is 11.8 Å². The van der Waals surface area contributed by atoms with Crippen molar-refractivity contribution in [1.29, 1.82) is 0 Å². The summed E-state index contributed by atoms with van der Waals surface area (Å²) in [4.78, 5) is 0. The molecular formula is C10H17NO. The molecule has 0 aromatic rings. The van der Waals surface area contributed by atoms with Crippen LogP contribution in [0.25, 0.3) is 0 Å². The van der Waals surface area contributed by atoms with Gasteiger partial charge in [0, 0.05) is 25.1 Å². The summed E-state index contributed by atoms with van der Waals surface area (Å²) in [6.45, 7) is 6.79. The van der Waals surface area contributed by atoms with E-state index in [9.17, 15) is 0 Å². The second-order valence-electron chi connectivity index (χ2n) is 3.47. The molecule has 0 bridgehead atoms. The van der Waals surface area contributed by atoms with E-state index in [2.05, 4.69) is 24.1 Å². The fourth-order valence-electron chi connectivity index (χ4n) is 1.36. The van der Waals surface area contributed by atoms with Crippen molar-refractivity contribution in [3.63, 3.8) is 0 Å². The van der Waals surface area contributed by atoms with Crippen LogP contribution in [-0.2, 0) is 4.74 Å². The first-order chi connectivity index (χ1) is 5.77. The Hall–Kier alpha value is -0.520. The Labute approximate surface area is 74.7 Å². The summed E-state index contributed by atoms with van der Waals surface area (Å²) in [7, 11) is 0. The third kappa shape index (κ3) is 2.84. The topological polar surface area (TPSA) is 21.3 Å². The van der Waals surface area contributed by atoms with Crippen LogP contribution in [0.2, 0.25) is 0 Å². The minimum Gasteiger partial charge on any atom is -0.379 e. The van der Waals surface area contributed by atoms with Gasteiger partial charge in [-0.25, -0.2) is 0 Å². The van der Waals surface area contributed by atoms with Crippen molar-refractivity contribution in [2.75, 3.05) is 19.8 Å². The monoisotopic (exact) mass is 167 g/mol. The Morgan fingerprint density at radius 2 is 2.42 bits per heavy atom. The Balaban J connectivity index is 2.15. The van der Waals surface area contributed by atoms with Crippen LogP contribution in [0.3, 0.4) is 0 Å². The van der Waals surface area contributed by atoms with E-state index in [-0.39, 0.29) is 5.54 Å². The molecule has 2 nitrogen and oxygen atoms in total. The molecule has 1 saturated heterocycles. The minimum atomic E-state index is 0.204. The van der Waals surface area contributed by atoms with E-state index in [0.29, 0.717) is 0 Å². The van der Waals surface area contributed by atoms with Crippen LogP contribution in [0.1, 0.15) is 26.7 Å². The van der Waals surface area contributed by atoms with Crippen molar-refractivity contribution in [2.24, 2.45) is 0 Å². The predicted octanol–water partition coefficient (Wildman–Crippen LogP) is 1.17. The second-order valence-corrected chi connectivity index (χ2v) is 3.47. The zero-order valence-electron chi connectivity index (χ0n) is 7.94. The van der Waals surface area contributed by atoms with E-state index in [1.807, 2.05) is 6.92 Å². The predicted molar refractivity (Wildman–Crippen MR) is 49.9 cm³/mol. The maximum Gasteiger partial charge on any atom is 0.0646 e. The van der Waals surface area contributed by atoms with Gasteiger partial charge in [-0.05, 0) is 20.3 Å². The fourth-order valence-corrected chi connectivity index (χ4v) is 1.36. The number of ether oxygens (including phenoxy) is 1. The number of hydrogen-bond donors (Lipinski definition) is 1. The molecular weight excluding hydrogens is 150 g/mol. The molecule has 1 atom stereocenters. The Morgan fingerprint density at radius 3 is 3.00 bits per heavy atom. The third-order valence-electron chi connectivity index (χ3n) is 2.20. The molecule has 1 unspecified atom stereocenters. The lowest BCUT2D eigenvalue weighted by Gasteiger charge is -2.22. The van der Waals surface area contributed by atoms with Crippen LogP contribution in [0.15, 0.2) is 0 Å². The molecule has 1 rings (SSSR count). The summed E-state index contributed by atoms with van der Waals surface area (Å²) in [5, 5.41) is 3.47. The Bertz CT molecular complexity index is 184. The van der Waals surface area contributed by atoms with Crippen molar-refractivity contribution in [3.05, 3.63) is 0 Å². The molecule has 2 heteroatoms. The Kier molecular flexibility index (Phi) is 3.58. The van der Waals surface area contributed by atoms with Gasteiger partial charge in [0.25, 0.3) is 0 Å². The smallest absolute Gasteiger partial charge is 0.0646 e. The molecule has 1 heterocycles. The first-order valence-corrected chi connectivity index (χ1v) is 4.49. The normalized spacial score (nSPS) is 28.2. The summed E-state index contributed by atoms with van der Waals surface area (Å²) >= 11 is 0. The maximum absolute atomic E-state index is 5.32. The molecule has 1 N–H and O–H groups in total. The van der Waals surface area contributed by atoms with E-state index >= 15 is 0 Å². The lowest BCUT2D eigenvalue weighted by molar-refractivity contribution is 0.172. The van der Waals surface area contributed by atoms with Crippen LogP contribution in [0.4, 0.5) is 0 Å². The molecule has 0 saturated carbocycles. The van der Waals surface area contributed by atoms with Gasteiger partial charge in [-0.3, -0.25) is 0 Å². The van der Waals surface area contributed by atoms with Crippen LogP contribution in [0.5, 0.6) is 0 Å². The molecule has 12 heavy (non-hydrogen) atoms. The average molecular weight is 167 g/mol. The summed E-state index contributed by atoms with van der Waals surface area (Å²) in [5.41, 5.74) is 0.204. The van der Waals surface area contributed by atoms with Gasteiger partial charge in [-0.1, -0.05) is 0 Å². The first-order valence-electron chi connectivity index (χ1n) is 4.49. The molecule has 0 radical (unpaired) electrons. The SMILES string of the molecule is CC#CCCNC1(C)CCOC1. The molecule has 68 valence electrons. The van der Waals surface area contributed by atoms with Crippen molar-refractivity contribution in [2.45, 2.75) is 32.2 Å². The molecule has 1 aliphatic rings. The number of rotatable bonds is 3. The molecule has 0 amide bonds. The van der Waals surface area contributed by atoms with E-state index in [4.69, 9.17) is 4.74 Å². The van der Waals surface area contributed by atoms with E-state index in [0.717, 1.165) is 32.6 Å². The van der Waals surface area contributed by atoms with Gasteiger partial charge in [0.1, 0.15) is 0 Å². The fraction of sp³-hybridized carbons (Fsp3) is 0.800. The van der Waals surface area contributed by atoms with Gasteiger partial charge >= 0.3 is 0 Å². The van der Waals surface area contributed by atoms with Crippen molar-refractivity contribution < 1.29 is 4.74 Å². The maximum atomic E-state index is 5.32. The first kappa shape index (κ1) is 9.57. The quantitative estimate of drug-likeness (QED) is 0.503. The highest BCUT2D eigenvalue weighted by molar-refractivity contribution is 4.96. The average Bonchev–Trinajstić information content (AvgIpc) is 2.47. The van der Waals surface area contributed by atoms with Crippen LogP contribution in [-0.4, -0.2) is 25.3 Å². The summed E-state index contributed by atoms with van der Waals surface area (Å²) in [6.07, 6.45) is 2.05. The zero-order valence-corrected chi connectivity index (χ0v) is 7.94. The summed E-state index contributed by atoms with van der Waals surface area (Å²) in [6, 6.07) is 0. The van der Waals surface area contributed by atoms with E-state index in [1.165, 1.54) is 0 Å². The molecule has 0 aliphatic carbocycles. The molecule has 0 aromatic carbocycles. The zero-order chi connectivity index (χ0) is 8.86. The minimum absolute atomic E-state index is 0.204.